The van der Waals surface area contributed by atoms with Crippen LogP contribution in [0.15, 0.2) is 52.2 Å². The van der Waals surface area contributed by atoms with Gasteiger partial charge in [-0.2, -0.15) is 5.09 Å². The van der Waals surface area contributed by atoms with Crippen LogP contribution in [0.1, 0.15) is 20.1 Å². The molecule has 2 aromatic rings. The van der Waals surface area contributed by atoms with E-state index in [1.54, 1.807) is 25.1 Å². The normalized spacial score (nSPS) is 26.3. The molecule has 7 atom stereocenters. The van der Waals surface area contributed by atoms with Crippen molar-refractivity contribution < 1.29 is 37.7 Å². The number of halogens is 1. The number of alkyl halides is 1. The molecule has 1 saturated heterocycles. The van der Waals surface area contributed by atoms with Crippen molar-refractivity contribution >= 4 is 33.2 Å². The zero-order valence-electron chi connectivity index (χ0n) is 21.2. The van der Waals surface area contributed by atoms with E-state index in [1.807, 2.05) is 0 Å². The van der Waals surface area contributed by atoms with E-state index >= 15 is 0 Å². The molecule has 3 N–H and O–H groups in total. The summed E-state index contributed by atoms with van der Waals surface area (Å²) in [4.78, 5) is 38.3. The Bertz CT molecular complexity index is 1260. The minimum absolute atomic E-state index is 0.167. The topological polar surface area (TPSA) is 167 Å². The zero-order valence-corrected chi connectivity index (χ0v) is 22.9. The second-order valence-corrected chi connectivity index (χ2v) is 11.4. The highest BCUT2D eigenvalue weighted by molar-refractivity contribution is 7.52. The molecule has 208 valence electrons. The van der Waals surface area contributed by atoms with E-state index in [4.69, 9.17) is 34.9 Å². The Balaban J connectivity index is 1.78. The number of aliphatic hydroxyl groups is 1. The number of aliphatic hydroxyl groups excluding tert-OH is 1. The standard InChI is InChI=1S/C22H30BClN3O10P/c1-13(11-33-3)35-19(30)14(2)26-38(32,37-15-7-5-4-6-8-15)34-12-16-18(29)22(23,24)20(36-16)27-10-9-17(28)25-21(27)31/h4-10,13-14,16,18,20,29H,11-12,23H2,1-3H3,(H,26,32)(H,25,28,31)/t13?,14-,16+,18+,20+,22-,38?/m0/s1. The van der Waals surface area contributed by atoms with Crippen molar-refractivity contribution in [2.24, 2.45) is 0 Å². The van der Waals surface area contributed by atoms with Gasteiger partial charge in [0.2, 0.25) is 0 Å². The molecule has 1 aromatic carbocycles. The highest BCUT2D eigenvalue weighted by Gasteiger charge is 2.53. The largest absolute Gasteiger partial charge is 0.459 e. The summed E-state index contributed by atoms with van der Waals surface area (Å²) in [5.41, 5.74) is -1.41. The number of H-pyrrole nitrogens is 1. The predicted molar refractivity (Wildman–Crippen MR) is 139 cm³/mol. The number of hydrogen-bond acceptors (Lipinski definition) is 10. The summed E-state index contributed by atoms with van der Waals surface area (Å²) in [7, 11) is -1.36. The summed E-state index contributed by atoms with van der Waals surface area (Å²) in [6.07, 6.45) is -3.12. The number of esters is 1. The lowest BCUT2D eigenvalue weighted by molar-refractivity contribution is -0.152. The Morgan fingerprint density at radius 2 is 2.00 bits per heavy atom. The molecule has 2 unspecified atom stereocenters. The number of carbonyl (C=O) groups is 1. The molecule has 1 fully saturated rings. The summed E-state index contributed by atoms with van der Waals surface area (Å²) in [5, 5.41) is 13.4. The van der Waals surface area contributed by atoms with Gasteiger partial charge in [0.05, 0.1) is 24.1 Å². The van der Waals surface area contributed by atoms with E-state index in [0.717, 1.165) is 10.6 Å². The van der Waals surface area contributed by atoms with Crippen LogP contribution in [0.2, 0.25) is 0 Å². The van der Waals surface area contributed by atoms with Crippen LogP contribution in [0.3, 0.4) is 0 Å². The third-order valence-electron chi connectivity index (χ3n) is 5.62. The molecule has 38 heavy (non-hydrogen) atoms. The number of aromatic nitrogens is 2. The number of ether oxygens (including phenoxy) is 3. The average molecular weight is 574 g/mol. The van der Waals surface area contributed by atoms with Crippen molar-refractivity contribution in [3.63, 3.8) is 0 Å². The van der Waals surface area contributed by atoms with Crippen molar-refractivity contribution in [2.75, 3.05) is 20.3 Å². The first kappa shape index (κ1) is 30.1. The molecule has 2 heterocycles. The maximum absolute atomic E-state index is 13.7. The Labute approximate surface area is 224 Å². The summed E-state index contributed by atoms with van der Waals surface area (Å²) in [6.45, 7) is 2.72. The molecule has 1 aliphatic rings. The maximum atomic E-state index is 13.7. The number of benzene rings is 1. The van der Waals surface area contributed by atoms with Gasteiger partial charge in [0.1, 0.15) is 31.8 Å². The van der Waals surface area contributed by atoms with Crippen LogP contribution in [0.5, 0.6) is 5.75 Å². The van der Waals surface area contributed by atoms with Gasteiger partial charge in [-0.25, -0.2) is 9.36 Å². The van der Waals surface area contributed by atoms with E-state index in [2.05, 4.69) is 10.1 Å². The van der Waals surface area contributed by atoms with E-state index < -0.39 is 66.9 Å². The number of methoxy groups -OCH3 is 1. The Kier molecular flexibility index (Phi) is 9.99. The first-order valence-electron chi connectivity index (χ1n) is 11.7. The molecule has 16 heteroatoms. The molecule has 0 bridgehead atoms. The van der Waals surface area contributed by atoms with E-state index in [1.165, 1.54) is 40.2 Å². The second kappa shape index (κ2) is 12.6. The monoisotopic (exact) mass is 573 g/mol. The van der Waals surface area contributed by atoms with Crippen LogP contribution < -0.4 is 20.9 Å². The first-order valence-corrected chi connectivity index (χ1v) is 13.6. The number of para-hydroxylation sites is 1. The summed E-state index contributed by atoms with van der Waals surface area (Å²) in [5.74, 6) is -0.539. The molecule has 1 aromatic heterocycles. The van der Waals surface area contributed by atoms with Gasteiger partial charge in [0.15, 0.2) is 6.23 Å². The summed E-state index contributed by atoms with van der Waals surface area (Å²) >= 11 is 6.54. The lowest BCUT2D eigenvalue weighted by atomic mass is 9.79. The van der Waals surface area contributed by atoms with Crippen LogP contribution in [-0.2, 0) is 28.1 Å². The van der Waals surface area contributed by atoms with Crippen LogP contribution in [0.4, 0.5) is 0 Å². The summed E-state index contributed by atoms with van der Waals surface area (Å²) < 4.78 is 40.4. The molecule has 0 radical (unpaired) electrons. The van der Waals surface area contributed by atoms with E-state index in [9.17, 15) is 24.1 Å². The van der Waals surface area contributed by atoms with E-state index in [-0.39, 0.29) is 12.4 Å². The molecule has 13 nitrogen and oxygen atoms in total. The van der Waals surface area contributed by atoms with Crippen LogP contribution in [0, 0.1) is 0 Å². The van der Waals surface area contributed by atoms with Gasteiger partial charge >= 0.3 is 19.4 Å². The second-order valence-electron chi connectivity index (χ2n) is 8.89. The van der Waals surface area contributed by atoms with Gasteiger partial charge in [-0.1, -0.05) is 18.2 Å². The predicted octanol–water partition coefficient (Wildman–Crippen LogP) is 0.123. The SMILES string of the molecule is B[C@]1(Cl)[C@H](O)[C@@H](COP(=O)(N[C@@H](C)C(=O)OC(C)COC)Oc2ccccc2)O[C@H]1n1ccc(=O)[nH]c1=O. The Morgan fingerprint density at radius 1 is 1.32 bits per heavy atom. The lowest BCUT2D eigenvalue weighted by Crippen LogP contribution is -2.45. The third-order valence-corrected chi connectivity index (χ3v) is 7.68. The van der Waals surface area contributed by atoms with Gasteiger partial charge in [0.25, 0.3) is 5.56 Å². The molecule has 0 spiro atoms. The van der Waals surface area contributed by atoms with Crippen molar-refractivity contribution in [2.45, 2.75) is 49.2 Å². The van der Waals surface area contributed by atoms with Gasteiger partial charge in [-0.05, 0) is 26.0 Å². The molecule has 0 amide bonds. The quantitative estimate of drug-likeness (QED) is 0.137. The fraction of sp³-hybridized carbons (Fsp3) is 0.500. The molecular weight excluding hydrogens is 543 g/mol. The van der Waals surface area contributed by atoms with Crippen LogP contribution in [-0.4, -0.2) is 77.9 Å². The van der Waals surface area contributed by atoms with Gasteiger partial charge in [0, 0.05) is 19.4 Å². The molecule has 1 aliphatic heterocycles. The highest BCUT2D eigenvalue weighted by atomic mass is 35.5. The number of nitrogens with one attached hydrogen (secondary N) is 2. The Morgan fingerprint density at radius 3 is 2.63 bits per heavy atom. The number of carbonyl (C=O) groups excluding carboxylic acids is 1. The molecule has 0 saturated carbocycles. The maximum Gasteiger partial charge on any atom is 0.459 e. The average Bonchev–Trinajstić information content (AvgIpc) is 3.07. The smallest absolute Gasteiger partial charge is 0.459 e. The molecular formula is C22H30BClN3O10P. The van der Waals surface area contributed by atoms with Gasteiger partial charge < -0.3 is 23.8 Å². The van der Waals surface area contributed by atoms with Crippen LogP contribution in [0.25, 0.3) is 0 Å². The minimum Gasteiger partial charge on any atom is -0.459 e. The number of rotatable bonds is 12. The zero-order chi connectivity index (χ0) is 28.1. The molecule has 0 aliphatic carbocycles. The number of aromatic amines is 1. The van der Waals surface area contributed by atoms with Gasteiger partial charge in [-0.3, -0.25) is 23.7 Å². The minimum atomic E-state index is -4.27. The number of nitrogens with zero attached hydrogens (tertiary/aromatic N) is 1. The first-order chi connectivity index (χ1) is 17.9. The van der Waals surface area contributed by atoms with Crippen LogP contribution >= 0.6 is 19.3 Å². The van der Waals surface area contributed by atoms with Crippen molar-refractivity contribution in [3.05, 3.63) is 63.4 Å². The lowest BCUT2D eigenvalue weighted by Gasteiger charge is -2.27. The van der Waals surface area contributed by atoms with Crippen molar-refractivity contribution in [1.82, 2.24) is 14.6 Å². The molecule has 3 rings (SSSR count). The third kappa shape index (κ3) is 7.35. The van der Waals surface area contributed by atoms with Crippen molar-refractivity contribution in [1.29, 1.82) is 0 Å². The highest BCUT2D eigenvalue weighted by Crippen LogP contribution is 2.47. The van der Waals surface area contributed by atoms with Crippen molar-refractivity contribution in [3.8, 4) is 5.75 Å². The Hall–Kier alpha value is -2.45. The fourth-order valence-corrected chi connectivity index (χ4v) is 5.50. The van der Waals surface area contributed by atoms with Gasteiger partial charge in [-0.15, -0.1) is 11.6 Å². The number of hydrogen-bond donors (Lipinski definition) is 3. The van der Waals surface area contributed by atoms with E-state index in [0.29, 0.717) is 0 Å². The summed E-state index contributed by atoms with van der Waals surface area (Å²) in [6, 6.07) is 8.09. The fourth-order valence-electron chi connectivity index (χ4n) is 3.70.